The Hall–Kier alpha value is -1.28. The van der Waals surface area contributed by atoms with Gasteiger partial charge < -0.3 is 16.2 Å². The van der Waals surface area contributed by atoms with Crippen molar-refractivity contribution in [3.8, 4) is 6.07 Å². The highest BCUT2D eigenvalue weighted by Crippen LogP contribution is 1.99. The third kappa shape index (κ3) is 2.87. The number of rotatable bonds is 3. The van der Waals surface area contributed by atoms with Crippen molar-refractivity contribution in [1.82, 2.24) is 0 Å². The first-order valence-corrected chi connectivity index (χ1v) is 3.36. The standard InChI is InChI=1S/C6H9N3OS/c1-2-10-5(8)4(3-7)6(9)11/h2,8H2,1H3,(H2,9,11)/b5-4+. The number of nitrogens with zero attached hydrogens (tertiary/aromatic N) is 1. The highest BCUT2D eigenvalue weighted by atomic mass is 32.1. The van der Waals surface area contributed by atoms with Gasteiger partial charge in [-0.3, -0.25) is 0 Å². The van der Waals surface area contributed by atoms with Crippen LogP contribution in [0.5, 0.6) is 0 Å². The van der Waals surface area contributed by atoms with Crippen LogP contribution in [0.25, 0.3) is 0 Å². The summed E-state index contributed by atoms with van der Waals surface area (Å²) in [6.07, 6.45) is 0. The minimum absolute atomic E-state index is 0.0116. The normalized spacial score (nSPS) is 11.3. The summed E-state index contributed by atoms with van der Waals surface area (Å²) in [6, 6.07) is 1.75. The van der Waals surface area contributed by atoms with Crippen LogP contribution in [-0.4, -0.2) is 11.6 Å². The van der Waals surface area contributed by atoms with E-state index in [0.29, 0.717) is 6.61 Å². The molecular formula is C6H9N3OS. The predicted octanol–water partition coefficient (Wildman–Crippen LogP) is 0.00288. The van der Waals surface area contributed by atoms with Gasteiger partial charge in [0.15, 0.2) is 0 Å². The maximum atomic E-state index is 8.46. The van der Waals surface area contributed by atoms with E-state index in [0.717, 1.165) is 0 Å². The average molecular weight is 171 g/mol. The SMILES string of the molecule is CCO/C(N)=C(\C#N)C(N)=S. The van der Waals surface area contributed by atoms with Crippen molar-refractivity contribution < 1.29 is 4.74 Å². The van der Waals surface area contributed by atoms with Gasteiger partial charge in [0.25, 0.3) is 0 Å². The van der Waals surface area contributed by atoms with Crippen LogP contribution >= 0.6 is 12.2 Å². The molecule has 0 radical (unpaired) electrons. The average Bonchev–Trinajstić information content (AvgIpc) is 1.88. The second-order valence-electron chi connectivity index (χ2n) is 1.65. The second-order valence-corrected chi connectivity index (χ2v) is 2.09. The largest absolute Gasteiger partial charge is 0.479 e. The lowest BCUT2D eigenvalue weighted by Crippen LogP contribution is -2.17. The van der Waals surface area contributed by atoms with Crippen LogP contribution < -0.4 is 11.5 Å². The number of hydrogen-bond donors (Lipinski definition) is 2. The Bertz CT molecular complexity index is 228. The third-order valence-corrected chi connectivity index (χ3v) is 1.11. The quantitative estimate of drug-likeness (QED) is 0.270. The molecule has 11 heavy (non-hydrogen) atoms. The summed E-state index contributed by atoms with van der Waals surface area (Å²) in [6.45, 7) is 2.14. The summed E-state index contributed by atoms with van der Waals surface area (Å²) in [5.74, 6) is -0.0116. The lowest BCUT2D eigenvalue weighted by Gasteiger charge is -2.03. The molecule has 0 aliphatic rings. The van der Waals surface area contributed by atoms with Gasteiger partial charge in [-0.2, -0.15) is 5.26 Å². The zero-order chi connectivity index (χ0) is 8.85. The molecule has 5 heteroatoms. The van der Waals surface area contributed by atoms with Gasteiger partial charge >= 0.3 is 0 Å². The zero-order valence-corrected chi connectivity index (χ0v) is 6.94. The van der Waals surface area contributed by atoms with Crippen LogP contribution in [0.15, 0.2) is 11.5 Å². The maximum absolute atomic E-state index is 8.46. The van der Waals surface area contributed by atoms with Crippen LogP contribution in [-0.2, 0) is 4.74 Å². The molecule has 0 atom stereocenters. The molecule has 0 rings (SSSR count). The van der Waals surface area contributed by atoms with Crippen molar-refractivity contribution in [3.63, 3.8) is 0 Å². The van der Waals surface area contributed by atoms with E-state index >= 15 is 0 Å². The number of hydrogen-bond acceptors (Lipinski definition) is 4. The molecular weight excluding hydrogens is 162 g/mol. The van der Waals surface area contributed by atoms with Gasteiger partial charge in [0.2, 0.25) is 5.88 Å². The first-order chi connectivity index (χ1) is 5.13. The van der Waals surface area contributed by atoms with Crippen molar-refractivity contribution >= 4 is 17.2 Å². The van der Waals surface area contributed by atoms with E-state index in [9.17, 15) is 0 Å². The topological polar surface area (TPSA) is 85.1 Å². The van der Waals surface area contributed by atoms with E-state index in [1.807, 2.05) is 0 Å². The fourth-order valence-electron chi connectivity index (χ4n) is 0.459. The molecule has 0 saturated carbocycles. The number of thiocarbonyl (C=S) groups is 1. The first-order valence-electron chi connectivity index (χ1n) is 2.95. The van der Waals surface area contributed by atoms with E-state index in [1.54, 1.807) is 13.0 Å². The Labute approximate surface area is 70.4 Å². The first kappa shape index (κ1) is 9.72. The van der Waals surface area contributed by atoms with E-state index in [2.05, 4.69) is 12.2 Å². The Balaban J connectivity index is 4.58. The molecule has 0 fully saturated rings. The molecule has 0 heterocycles. The fourth-order valence-corrected chi connectivity index (χ4v) is 0.606. The van der Waals surface area contributed by atoms with Gasteiger partial charge in [0.05, 0.1) is 6.61 Å². The molecule has 60 valence electrons. The summed E-state index contributed by atoms with van der Waals surface area (Å²) >= 11 is 4.54. The monoisotopic (exact) mass is 171 g/mol. The van der Waals surface area contributed by atoms with Crippen molar-refractivity contribution in [2.45, 2.75) is 6.92 Å². The van der Waals surface area contributed by atoms with Gasteiger partial charge in [-0.15, -0.1) is 0 Å². The lowest BCUT2D eigenvalue weighted by molar-refractivity contribution is 0.225. The Morgan fingerprint density at radius 1 is 1.64 bits per heavy atom. The summed E-state index contributed by atoms with van der Waals surface area (Å²) in [7, 11) is 0. The second kappa shape index (κ2) is 4.52. The zero-order valence-electron chi connectivity index (χ0n) is 6.13. The molecule has 0 aromatic rings. The predicted molar refractivity (Wildman–Crippen MR) is 45.2 cm³/mol. The van der Waals surface area contributed by atoms with E-state index < -0.39 is 0 Å². The van der Waals surface area contributed by atoms with E-state index in [4.69, 9.17) is 21.5 Å². The molecule has 4 nitrogen and oxygen atoms in total. The van der Waals surface area contributed by atoms with Crippen LogP contribution in [0.1, 0.15) is 6.92 Å². The van der Waals surface area contributed by atoms with E-state index in [1.165, 1.54) is 0 Å². The Morgan fingerprint density at radius 2 is 2.18 bits per heavy atom. The summed E-state index contributed by atoms with van der Waals surface area (Å²) in [5, 5.41) is 8.46. The van der Waals surface area contributed by atoms with Gasteiger partial charge in [-0.1, -0.05) is 12.2 Å². The van der Waals surface area contributed by atoms with Crippen LogP contribution in [0.4, 0.5) is 0 Å². The molecule has 0 aliphatic carbocycles. The number of ether oxygens (including phenoxy) is 1. The molecule has 0 unspecified atom stereocenters. The molecule has 4 N–H and O–H groups in total. The molecule has 0 saturated heterocycles. The van der Waals surface area contributed by atoms with Crippen LogP contribution in [0.2, 0.25) is 0 Å². The highest BCUT2D eigenvalue weighted by Gasteiger charge is 2.05. The van der Waals surface area contributed by atoms with Gasteiger partial charge in [-0.05, 0) is 6.92 Å². The van der Waals surface area contributed by atoms with Crippen molar-refractivity contribution in [3.05, 3.63) is 11.5 Å². The Kier molecular flexibility index (Phi) is 4.00. The van der Waals surface area contributed by atoms with Crippen LogP contribution in [0.3, 0.4) is 0 Å². The smallest absolute Gasteiger partial charge is 0.205 e. The van der Waals surface area contributed by atoms with Gasteiger partial charge in [0, 0.05) is 0 Å². The van der Waals surface area contributed by atoms with Crippen LogP contribution in [0, 0.1) is 11.3 Å². The summed E-state index contributed by atoms with van der Waals surface area (Å²) < 4.78 is 4.82. The van der Waals surface area contributed by atoms with Crippen molar-refractivity contribution in [1.29, 1.82) is 5.26 Å². The highest BCUT2D eigenvalue weighted by molar-refractivity contribution is 7.80. The van der Waals surface area contributed by atoms with Gasteiger partial charge in [-0.25, -0.2) is 0 Å². The summed E-state index contributed by atoms with van der Waals surface area (Å²) in [4.78, 5) is -0.0431. The minimum Gasteiger partial charge on any atom is -0.479 e. The molecule has 0 aliphatic heterocycles. The minimum atomic E-state index is -0.0431. The fraction of sp³-hybridized carbons (Fsp3) is 0.333. The van der Waals surface area contributed by atoms with Crippen molar-refractivity contribution in [2.75, 3.05) is 6.61 Å². The van der Waals surface area contributed by atoms with E-state index in [-0.39, 0.29) is 16.4 Å². The molecule has 0 aromatic carbocycles. The number of nitriles is 1. The lowest BCUT2D eigenvalue weighted by atomic mass is 10.3. The summed E-state index contributed by atoms with van der Waals surface area (Å²) in [5.41, 5.74) is 10.5. The molecule has 0 amide bonds. The molecule has 0 aromatic heterocycles. The maximum Gasteiger partial charge on any atom is 0.205 e. The molecule has 0 bridgehead atoms. The third-order valence-electron chi connectivity index (χ3n) is 0.904. The van der Waals surface area contributed by atoms with Crippen molar-refractivity contribution in [2.24, 2.45) is 11.5 Å². The molecule has 0 spiro atoms. The Morgan fingerprint density at radius 3 is 2.45 bits per heavy atom. The van der Waals surface area contributed by atoms with Gasteiger partial charge in [0.1, 0.15) is 16.6 Å². The number of nitrogens with two attached hydrogens (primary N) is 2.